The molecule has 0 fully saturated rings. The zero-order valence-electron chi connectivity index (χ0n) is 13.4. The van der Waals surface area contributed by atoms with Crippen LogP contribution in [0.3, 0.4) is 0 Å². The van der Waals surface area contributed by atoms with Crippen molar-refractivity contribution in [1.29, 1.82) is 0 Å². The van der Waals surface area contributed by atoms with E-state index in [0.29, 0.717) is 26.4 Å². The first kappa shape index (κ1) is 18.0. The van der Waals surface area contributed by atoms with Crippen molar-refractivity contribution in [2.45, 2.75) is 19.3 Å². The van der Waals surface area contributed by atoms with E-state index in [9.17, 15) is 9.59 Å². The SMILES string of the molecule is COC(=O)c1c(NC(=O)COc2cc(Cl)ccc2Cl)sc2c1CCC2. The number of benzene rings is 1. The maximum atomic E-state index is 12.2. The van der Waals surface area contributed by atoms with E-state index >= 15 is 0 Å². The number of hydrogen-bond donors (Lipinski definition) is 1. The molecule has 1 aromatic carbocycles. The summed E-state index contributed by atoms with van der Waals surface area (Å²) in [6.07, 6.45) is 2.74. The molecule has 3 rings (SSSR count). The number of ether oxygens (including phenoxy) is 2. The third kappa shape index (κ3) is 3.92. The van der Waals surface area contributed by atoms with Gasteiger partial charge in [-0.05, 0) is 37.0 Å². The fourth-order valence-corrected chi connectivity index (χ4v) is 4.33. The van der Waals surface area contributed by atoms with E-state index in [1.165, 1.54) is 24.5 Å². The van der Waals surface area contributed by atoms with Crippen LogP contribution in [0.4, 0.5) is 5.00 Å². The number of methoxy groups -OCH3 is 1. The molecular weight excluding hydrogens is 385 g/mol. The highest BCUT2D eigenvalue weighted by molar-refractivity contribution is 7.17. The number of aryl methyl sites for hydroxylation is 1. The molecule has 0 aliphatic heterocycles. The van der Waals surface area contributed by atoms with Crippen LogP contribution in [0.25, 0.3) is 0 Å². The van der Waals surface area contributed by atoms with E-state index in [2.05, 4.69) is 5.32 Å². The maximum absolute atomic E-state index is 12.2. The Hall–Kier alpha value is -1.76. The molecule has 0 bridgehead atoms. The van der Waals surface area contributed by atoms with Gasteiger partial charge in [-0.2, -0.15) is 0 Å². The topological polar surface area (TPSA) is 64.6 Å². The number of hydrogen-bond acceptors (Lipinski definition) is 5. The Labute approximate surface area is 158 Å². The molecule has 1 aromatic heterocycles. The van der Waals surface area contributed by atoms with Gasteiger partial charge in [0.1, 0.15) is 10.8 Å². The van der Waals surface area contributed by atoms with Gasteiger partial charge in [0.05, 0.1) is 17.7 Å². The summed E-state index contributed by atoms with van der Waals surface area (Å²) in [4.78, 5) is 25.4. The second-order valence-corrected chi connectivity index (χ2v) is 7.41. The highest BCUT2D eigenvalue weighted by Gasteiger charge is 2.28. The molecule has 1 aliphatic rings. The van der Waals surface area contributed by atoms with Crippen LogP contribution in [0.2, 0.25) is 10.0 Å². The van der Waals surface area contributed by atoms with Gasteiger partial charge in [0.25, 0.3) is 5.91 Å². The molecule has 1 aliphatic carbocycles. The van der Waals surface area contributed by atoms with Crippen molar-refractivity contribution in [3.05, 3.63) is 44.2 Å². The second kappa shape index (κ2) is 7.64. The van der Waals surface area contributed by atoms with Crippen molar-refractivity contribution < 1.29 is 19.1 Å². The summed E-state index contributed by atoms with van der Waals surface area (Å²) in [5, 5.41) is 4.06. The van der Waals surface area contributed by atoms with E-state index in [1.807, 2.05) is 0 Å². The summed E-state index contributed by atoms with van der Waals surface area (Å²) in [5.74, 6) is -0.499. The molecule has 0 spiro atoms. The van der Waals surface area contributed by atoms with E-state index in [1.54, 1.807) is 12.1 Å². The lowest BCUT2D eigenvalue weighted by Gasteiger charge is -2.09. The summed E-state index contributed by atoms with van der Waals surface area (Å²) in [5.41, 5.74) is 1.43. The lowest BCUT2D eigenvalue weighted by Crippen LogP contribution is -2.21. The number of fused-ring (bicyclic) bond motifs is 1. The average molecular weight is 400 g/mol. The molecule has 0 saturated carbocycles. The zero-order chi connectivity index (χ0) is 18.0. The van der Waals surface area contributed by atoms with Crippen molar-refractivity contribution in [3.63, 3.8) is 0 Å². The maximum Gasteiger partial charge on any atom is 0.341 e. The number of carbonyl (C=O) groups is 2. The monoisotopic (exact) mass is 399 g/mol. The number of thiophene rings is 1. The van der Waals surface area contributed by atoms with Crippen molar-refractivity contribution in [1.82, 2.24) is 0 Å². The number of nitrogens with one attached hydrogen (secondary N) is 1. The summed E-state index contributed by atoms with van der Waals surface area (Å²) in [7, 11) is 1.33. The minimum absolute atomic E-state index is 0.247. The van der Waals surface area contributed by atoms with Gasteiger partial charge in [-0.25, -0.2) is 4.79 Å². The Bertz CT molecular complexity index is 834. The number of amides is 1. The first-order valence-corrected chi connectivity index (χ1v) is 9.17. The van der Waals surface area contributed by atoms with Crippen LogP contribution in [0.15, 0.2) is 18.2 Å². The molecule has 0 atom stereocenters. The number of carbonyl (C=O) groups excluding carboxylic acids is 2. The predicted octanol–water partition coefficient (Wildman–Crippen LogP) is 4.35. The number of esters is 1. The van der Waals surface area contributed by atoms with Gasteiger partial charge in [-0.3, -0.25) is 4.79 Å². The molecule has 1 N–H and O–H groups in total. The molecule has 1 heterocycles. The van der Waals surface area contributed by atoms with Crippen molar-refractivity contribution in [2.24, 2.45) is 0 Å². The van der Waals surface area contributed by atoms with Gasteiger partial charge in [-0.15, -0.1) is 11.3 Å². The first-order chi connectivity index (χ1) is 12.0. The molecule has 8 heteroatoms. The Balaban J connectivity index is 1.71. The summed E-state index contributed by atoms with van der Waals surface area (Å²) < 4.78 is 10.3. The lowest BCUT2D eigenvalue weighted by molar-refractivity contribution is -0.118. The summed E-state index contributed by atoms with van der Waals surface area (Å²) in [6, 6.07) is 4.76. The minimum Gasteiger partial charge on any atom is -0.482 e. The molecular formula is C17H15Cl2NO4S. The molecule has 0 saturated heterocycles. The second-order valence-electron chi connectivity index (χ2n) is 5.46. The highest BCUT2D eigenvalue weighted by atomic mass is 35.5. The molecule has 0 unspecified atom stereocenters. The normalized spacial score (nSPS) is 12.6. The quantitative estimate of drug-likeness (QED) is 0.758. The van der Waals surface area contributed by atoms with E-state index in [4.69, 9.17) is 32.7 Å². The van der Waals surface area contributed by atoms with Gasteiger partial charge < -0.3 is 14.8 Å². The smallest absolute Gasteiger partial charge is 0.341 e. The zero-order valence-corrected chi connectivity index (χ0v) is 15.7. The number of anilines is 1. The Kier molecular flexibility index (Phi) is 5.51. The van der Waals surface area contributed by atoms with E-state index in [-0.39, 0.29) is 12.5 Å². The van der Waals surface area contributed by atoms with Gasteiger partial charge in [-0.1, -0.05) is 23.2 Å². The van der Waals surface area contributed by atoms with E-state index in [0.717, 1.165) is 29.7 Å². The van der Waals surface area contributed by atoms with Crippen LogP contribution in [0.1, 0.15) is 27.2 Å². The molecule has 2 aromatic rings. The third-order valence-corrected chi connectivity index (χ3v) is 5.57. The van der Waals surface area contributed by atoms with Crippen molar-refractivity contribution in [2.75, 3.05) is 19.0 Å². The van der Waals surface area contributed by atoms with Crippen molar-refractivity contribution in [3.8, 4) is 5.75 Å². The van der Waals surface area contributed by atoms with Crippen LogP contribution in [0.5, 0.6) is 5.75 Å². The third-order valence-electron chi connectivity index (χ3n) is 3.82. The largest absolute Gasteiger partial charge is 0.482 e. The van der Waals surface area contributed by atoms with Crippen LogP contribution in [0, 0.1) is 0 Å². The first-order valence-electron chi connectivity index (χ1n) is 7.60. The summed E-state index contributed by atoms with van der Waals surface area (Å²) in [6.45, 7) is -0.247. The van der Waals surface area contributed by atoms with Crippen LogP contribution >= 0.6 is 34.5 Å². The lowest BCUT2D eigenvalue weighted by atomic mass is 10.1. The molecule has 1 amide bonds. The Morgan fingerprint density at radius 3 is 2.84 bits per heavy atom. The van der Waals surface area contributed by atoms with Crippen LogP contribution < -0.4 is 10.1 Å². The minimum atomic E-state index is -0.437. The summed E-state index contributed by atoms with van der Waals surface area (Å²) >= 11 is 13.3. The fraction of sp³-hybridized carbons (Fsp3) is 0.294. The van der Waals surface area contributed by atoms with Gasteiger partial charge in [0.2, 0.25) is 0 Å². The van der Waals surface area contributed by atoms with Crippen molar-refractivity contribution >= 4 is 51.4 Å². The standard InChI is InChI=1S/C17H15Cl2NO4S/c1-23-17(22)15-10-3-2-4-13(10)25-16(15)20-14(21)8-24-12-7-9(18)5-6-11(12)19/h5-7H,2-4,8H2,1H3,(H,20,21). The van der Waals surface area contributed by atoms with Gasteiger partial charge in [0.15, 0.2) is 6.61 Å². The van der Waals surface area contributed by atoms with E-state index < -0.39 is 5.97 Å². The predicted molar refractivity (Wildman–Crippen MR) is 98.3 cm³/mol. The molecule has 5 nitrogen and oxygen atoms in total. The number of halogens is 2. The molecule has 25 heavy (non-hydrogen) atoms. The Morgan fingerprint density at radius 1 is 1.28 bits per heavy atom. The van der Waals surface area contributed by atoms with Gasteiger partial charge in [0, 0.05) is 16.0 Å². The van der Waals surface area contributed by atoms with Crippen LogP contribution in [-0.2, 0) is 22.4 Å². The Morgan fingerprint density at radius 2 is 2.08 bits per heavy atom. The van der Waals surface area contributed by atoms with Gasteiger partial charge >= 0.3 is 5.97 Å². The average Bonchev–Trinajstić information content (AvgIpc) is 3.15. The number of rotatable bonds is 5. The highest BCUT2D eigenvalue weighted by Crippen LogP contribution is 2.39. The fourth-order valence-electron chi connectivity index (χ4n) is 2.70. The molecule has 132 valence electrons. The molecule has 0 radical (unpaired) electrons. The van der Waals surface area contributed by atoms with Crippen LogP contribution in [-0.4, -0.2) is 25.6 Å².